The molecule has 0 amide bonds. The minimum absolute atomic E-state index is 0.126. The molecule has 0 aliphatic rings. The second-order valence-electron chi connectivity index (χ2n) is 5.96. The van der Waals surface area contributed by atoms with E-state index in [1.54, 1.807) is 11.4 Å². The molecule has 6 nitrogen and oxygen atoms in total. The van der Waals surface area contributed by atoms with Crippen molar-refractivity contribution in [2.45, 2.75) is 29.0 Å². The van der Waals surface area contributed by atoms with Crippen LogP contribution in [0.15, 0.2) is 46.0 Å². The third-order valence-electron chi connectivity index (χ3n) is 3.87. The molecule has 27 heavy (non-hydrogen) atoms. The van der Waals surface area contributed by atoms with Crippen LogP contribution in [0, 0.1) is 0 Å². The van der Waals surface area contributed by atoms with E-state index in [2.05, 4.69) is 10.0 Å². The van der Waals surface area contributed by atoms with Gasteiger partial charge >= 0.3 is 6.18 Å². The zero-order valence-electron chi connectivity index (χ0n) is 14.2. The van der Waals surface area contributed by atoms with E-state index in [9.17, 15) is 31.8 Å². The third-order valence-corrected chi connectivity index (χ3v) is 6.69. The van der Waals surface area contributed by atoms with Gasteiger partial charge in [-0.25, -0.2) is 13.1 Å². The molecule has 1 heterocycles. The monoisotopic (exact) mass is 424 g/mol. The maximum Gasteiger partial charge on any atom is 0.421 e. The summed E-state index contributed by atoms with van der Waals surface area (Å²) in [4.78, 5) is 0. The summed E-state index contributed by atoms with van der Waals surface area (Å²) < 4.78 is 65.2. The Morgan fingerprint density at radius 3 is 2.30 bits per heavy atom. The Morgan fingerprint density at radius 2 is 1.81 bits per heavy atom. The van der Waals surface area contributed by atoms with Gasteiger partial charge in [-0.15, -0.1) is 11.3 Å². The summed E-state index contributed by atoms with van der Waals surface area (Å²) in [7, 11) is -3.70. The SMILES string of the molecule is CC(O)(c1ccc(N[C@@H](CO)CNS(=O)(=O)c2cccs2)cc1)C(F)(F)F. The Hall–Kier alpha value is -1.66. The molecule has 0 bridgehead atoms. The van der Waals surface area contributed by atoms with Gasteiger partial charge in [0.15, 0.2) is 5.60 Å². The molecule has 2 rings (SSSR count). The van der Waals surface area contributed by atoms with E-state index in [4.69, 9.17) is 0 Å². The van der Waals surface area contributed by atoms with Crippen LogP contribution in [0.4, 0.5) is 18.9 Å². The molecule has 0 saturated carbocycles. The highest BCUT2D eigenvalue weighted by Gasteiger charge is 2.51. The van der Waals surface area contributed by atoms with Crippen molar-refractivity contribution in [1.82, 2.24) is 4.72 Å². The van der Waals surface area contributed by atoms with Crippen LogP contribution in [-0.4, -0.2) is 44.0 Å². The lowest BCUT2D eigenvalue weighted by molar-refractivity contribution is -0.258. The van der Waals surface area contributed by atoms with Crippen LogP contribution in [0.25, 0.3) is 0 Å². The zero-order valence-corrected chi connectivity index (χ0v) is 15.8. The summed E-state index contributed by atoms with van der Waals surface area (Å²) in [5.74, 6) is 0. The van der Waals surface area contributed by atoms with Crippen molar-refractivity contribution in [3.05, 3.63) is 47.3 Å². The summed E-state index contributed by atoms with van der Waals surface area (Å²) >= 11 is 1.05. The van der Waals surface area contributed by atoms with Crippen LogP contribution >= 0.6 is 11.3 Å². The molecule has 0 radical (unpaired) electrons. The predicted octanol–water partition coefficient (Wildman–Crippen LogP) is 2.27. The largest absolute Gasteiger partial charge is 0.421 e. The number of alkyl halides is 3. The molecule has 0 aliphatic heterocycles. The molecule has 1 unspecified atom stereocenters. The van der Waals surface area contributed by atoms with Crippen molar-refractivity contribution < 1.29 is 31.8 Å². The molecule has 0 aliphatic carbocycles. The first-order chi connectivity index (χ1) is 12.5. The standard InChI is InChI=1S/C16H19F3N2O4S2/c1-15(23,16(17,18)19)11-4-6-12(7-5-11)21-13(10-22)9-20-27(24,25)14-3-2-8-26-14/h2-8,13,20-23H,9-10H2,1H3/t13-,15?/m1/s1. The molecule has 0 spiro atoms. The molecule has 11 heteroatoms. The Kier molecular flexibility index (Phi) is 6.53. The van der Waals surface area contributed by atoms with Gasteiger partial charge < -0.3 is 15.5 Å². The van der Waals surface area contributed by atoms with Crippen molar-refractivity contribution in [2.24, 2.45) is 0 Å². The van der Waals surface area contributed by atoms with Crippen molar-refractivity contribution in [1.29, 1.82) is 0 Å². The Bertz CT molecular complexity index is 836. The second kappa shape index (κ2) is 8.15. The lowest BCUT2D eigenvalue weighted by Gasteiger charge is -2.27. The molecule has 1 aromatic heterocycles. The highest BCUT2D eigenvalue weighted by atomic mass is 32.2. The topological polar surface area (TPSA) is 98.7 Å². The maximum absolute atomic E-state index is 12.9. The first kappa shape index (κ1) is 21.6. The molecule has 0 saturated heterocycles. The van der Waals surface area contributed by atoms with E-state index >= 15 is 0 Å². The number of hydrogen-bond acceptors (Lipinski definition) is 6. The Labute approximate surface area is 158 Å². The molecule has 1 aromatic carbocycles. The summed E-state index contributed by atoms with van der Waals surface area (Å²) in [6, 6.07) is 7.18. The van der Waals surface area contributed by atoms with E-state index in [0.717, 1.165) is 23.5 Å². The molecule has 150 valence electrons. The summed E-state index contributed by atoms with van der Waals surface area (Å²) in [5.41, 5.74) is -2.95. The van der Waals surface area contributed by atoms with Gasteiger partial charge in [0.2, 0.25) is 10.0 Å². The lowest BCUT2D eigenvalue weighted by atomic mass is 9.95. The number of sulfonamides is 1. The number of hydrogen-bond donors (Lipinski definition) is 4. The maximum atomic E-state index is 12.9. The average Bonchev–Trinajstić information content (AvgIpc) is 3.13. The molecule has 2 aromatic rings. The third kappa shape index (κ3) is 5.20. The zero-order chi connectivity index (χ0) is 20.3. The van der Waals surface area contributed by atoms with Gasteiger partial charge in [0.1, 0.15) is 4.21 Å². The van der Waals surface area contributed by atoms with Crippen LogP contribution in [-0.2, 0) is 15.6 Å². The van der Waals surface area contributed by atoms with Gasteiger partial charge in [0.25, 0.3) is 0 Å². The van der Waals surface area contributed by atoms with Crippen molar-refractivity contribution in [2.75, 3.05) is 18.5 Å². The quantitative estimate of drug-likeness (QED) is 0.521. The van der Waals surface area contributed by atoms with Crippen LogP contribution < -0.4 is 10.0 Å². The Morgan fingerprint density at radius 1 is 1.19 bits per heavy atom. The molecular weight excluding hydrogens is 405 g/mol. The number of benzene rings is 1. The number of thiophene rings is 1. The molecular formula is C16H19F3N2O4S2. The van der Waals surface area contributed by atoms with Crippen LogP contribution in [0.3, 0.4) is 0 Å². The fourth-order valence-corrected chi connectivity index (χ4v) is 4.27. The minimum atomic E-state index is -4.82. The van der Waals surface area contributed by atoms with Crippen LogP contribution in [0.1, 0.15) is 12.5 Å². The second-order valence-corrected chi connectivity index (χ2v) is 8.90. The van der Waals surface area contributed by atoms with Gasteiger partial charge in [-0.3, -0.25) is 0 Å². The molecule has 2 atom stereocenters. The van der Waals surface area contributed by atoms with E-state index in [1.807, 2.05) is 0 Å². The first-order valence-corrected chi connectivity index (χ1v) is 10.1. The number of aliphatic hydroxyl groups excluding tert-OH is 1. The predicted molar refractivity (Wildman–Crippen MR) is 96.1 cm³/mol. The minimum Gasteiger partial charge on any atom is -0.394 e. The van der Waals surface area contributed by atoms with E-state index < -0.39 is 34.4 Å². The highest BCUT2D eigenvalue weighted by Crippen LogP contribution is 2.38. The first-order valence-electron chi connectivity index (χ1n) is 7.77. The number of aliphatic hydroxyl groups is 2. The summed E-state index contributed by atoms with van der Waals surface area (Å²) in [6.07, 6.45) is -4.82. The fourth-order valence-electron chi connectivity index (χ4n) is 2.15. The fraction of sp³-hybridized carbons (Fsp3) is 0.375. The van der Waals surface area contributed by atoms with Crippen molar-refractivity contribution >= 4 is 27.0 Å². The smallest absolute Gasteiger partial charge is 0.394 e. The van der Waals surface area contributed by atoms with E-state index in [0.29, 0.717) is 12.6 Å². The summed E-state index contributed by atoms with van der Waals surface area (Å²) in [6.45, 7) is 0.124. The normalized spacial score (nSPS) is 15.9. The number of anilines is 1. The van der Waals surface area contributed by atoms with Crippen LogP contribution in [0.5, 0.6) is 0 Å². The van der Waals surface area contributed by atoms with E-state index in [-0.39, 0.29) is 16.3 Å². The van der Waals surface area contributed by atoms with Crippen molar-refractivity contribution in [3.8, 4) is 0 Å². The molecule has 0 fully saturated rings. The molecule has 4 N–H and O–H groups in total. The van der Waals surface area contributed by atoms with Gasteiger partial charge in [-0.2, -0.15) is 13.2 Å². The number of halogens is 3. The average molecular weight is 424 g/mol. The van der Waals surface area contributed by atoms with Gasteiger partial charge in [0.05, 0.1) is 12.6 Å². The van der Waals surface area contributed by atoms with E-state index in [1.165, 1.54) is 18.2 Å². The number of rotatable bonds is 8. The Balaban J connectivity index is 2.02. The van der Waals surface area contributed by atoms with Gasteiger partial charge in [-0.05, 0) is 36.1 Å². The van der Waals surface area contributed by atoms with Crippen LogP contribution in [0.2, 0.25) is 0 Å². The number of nitrogens with one attached hydrogen (secondary N) is 2. The highest BCUT2D eigenvalue weighted by molar-refractivity contribution is 7.91. The summed E-state index contributed by atoms with van der Waals surface area (Å²) in [5, 5.41) is 23.5. The van der Waals surface area contributed by atoms with Gasteiger partial charge in [-0.1, -0.05) is 18.2 Å². The lowest BCUT2D eigenvalue weighted by Crippen LogP contribution is -2.39. The van der Waals surface area contributed by atoms with Crippen molar-refractivity contribution in [3.63, 3.8) is 0 Å². The van der Waals surface area contributed by atoms with Gasteiger partial charge in [0, 0.05) is 12.2 Å².